The monoisotopic (exact) mass is 157 g/mol. The molecular weight excluding hydrogens is 142 g/mol. The molecule has 0 N–H and O–H groups in total. The van der Waals surface area contributed by atoms with Gasteiger partial charge in [0.05, 0.1) is 6.61 Å². The molecule has 0 aliphatic carbocycles. The maximum absolute atomic E-state index is 11.2. The van der Waals surface area contributed by atoms with E-state index < -0.39 is 0 Å². The van der Waals surface area contributed by atoms with E-state index in [0.717, 1.165) is 13.1 Å². The molecule has 1 atom stereocenters. The van der Waals surface area contributed by atoms with E-state index in [9.17, 15) is 4.79 Å². The fourth-order valence-electron chi connectivity index (χ4n) is 1.39. The maximum Gasteiger partial charge on any atom is 0.222 e. The molecule has 11 heavy (non-hydrogen) atoms. The van der Waals surface area contributed by atoms with Crippen molar-refractivity contribution in [2.24, 2.45) is 5.92 Å². The van der Waals surface area contributed by atoms with E-state index in [0.29, 0.717) is 18.9 Å². The zero-order valence-corrected chi connectivity index (χ0v) is 7.17. The average Bonchev–Trinajstić information content (AvgIpc) is 2.26. The summed E-state index contributed by atoms with van der Waals surface area (Å²) >= 11 is 0. The van der Waals surface area contributed by atoms with Crippen molar-refractivity contribution in [1.82, 2.24) is 4.90 Å². The minimum absolute atomic E-state index is 0.273. The fraction of sp³-hybridized carbons (Fsp3) is 0.875. The van der Waals surface area contributed by atoms with Crippen molar-refractivity contribution in [2.45, 2.75) is 13.3 Å². The van der Waals surface area contributed by atoms with Crippen molar-refractivity contribution < 1.29 is 9.53 Å². The van der Waals surface area contributed by atoms with Crippen LogP contribution >= 0.6 is 0 Å². The third kappa shape index (κ3) is 2.19. The number of carbonyl (C=O) groups excluding carboxylic acids is 1. The van der Waals surface area contributed by atoms with E-state index >= 15 is 0 Å². The van der Waals surface area contributed by atoms with E-state index in [1.807, 2.05) is 4.90 Å². The lowest BCUT2D eigenvalue weighted by molar-refractivity contribution is -0.128. The highest BCUT2D eigenvalue weighted by Gasteiger charge is 2.25. The summed E-state index contributed by atoms with van der Waals surface area (Å²) in [4.78, 5) is 13.0. The number of carbonyl (C=O) groups is 1. The Labute approximate surface area is 67.3 Å². The quantitative estimate of drug-likeness (QED) is 0.597. The summed E-state index contributed by atoms with van der Waals surface area (Å²) in [5.41, 5.74) is 0. The van der Waals surface area contributed by atoms with Gasteiger partial charge in [0.1, 0.15) is 0 Å². The number of methoxy groups -OCH3 is 1. The Morgan fingerprint density at radius 1 is 1.73 bits per heavy atom. The van der Waals surface area contributed by atoms with Crippen LogP contribution in [0.25, 0.3) is 0 Å². The van der Waals surface area contributed by atoms with Crippen molar-refractivity contribution in [3.63, 3.8) is 0 Å². The molecule has 0 bridgehead atoms. The largest absolute Gasteiger partial charge is 0.383 e. The lowest BCUT2D eigenvalue weighted by Crippen LogP contribution is -2.28. The Kier molecular flexibility index (Phi) is 2.88. The lowest BCUT2D eigenvalue weighted by Gasteiger charge is -2.14. The van der Waals surface area contributed by atoms with E-state index in [4.69, 9.17) is 4.74 Å². The highest BCUT2D eigenvalue weighted by molar-refractivity contribution is 5.78. The smallest absolute Gasteiger partial charge is 0.222 e. The summed E-state index contributed by atoms with van der Waals surface area (Å²) in [5, 5.41) is 0. The Hall–Kier alpha value is -0.570. The van der Waals surface area contributed by atoms with Gasteiger partial charge < -0.3 is 9.64 Å². The average molecular weight is 157 g/mol. The van der Waals surface area contributed by atoms with Crippen molar-refractivity contribution in [3.8, 4) is 0 Å². The molecule has 0 aromatic carbocycles. The number of nitrogens with zero attached hydrogens (tertiary/aromatic N) is 1. The summed E-state index contributed by atoms with van der Waals surface area (Å²) in [7, 11) is 1.66. The predicted octanol–water partition coefficient (Wildman–Crippen LogP) is 0.501. The highest BCUT2D eigenvalue weighted by atomic mass is 16.5. The number of hydrogen-bond acceptors (Lipinski definition) is 2. The van der Waals surface area contributed by atoms with Crippen LogP contribution in [0.2, 0.25) is 0 Å². The first-order chi connectivity index (χ1) is 5.24. The molecule has 0 aromatic rings. The topological polar surface area (TPSA) is 29.5 Å². The molecular formula is C8H15NO2. The number of rotatable bonds is 3. The van der Waals surface area contributed by atoms with Crippen LogP contribution in [0, 0.1) is 5.92 Å². The molecule has 1 aliphatic heterocycles. The molecule has 1 rings (SSSR count). The molecule has 64 valence electrons. The molecule has 1 aliphatic rings. The minimum atomic E-state index is 0.273. The highest BCUT2D eigenvalue weighted by Crippen LogP contribution is 2.15. The number of hydrogen-bond donors (Lipinski definition) is 0. The first-order valence-electron chi connectivity index (χ1n) is 4.00. The van der Waals surface area contributed by atoms with Gasteiger partial charge in [-0.3, -0.25) is 4.79 Å². The Morgan fingerprint density at radius 2 is 2.45 bits per heavy atom. The van der Waals surface area contributed by atoms with Crippen LogP contribution in [-0.4, -0.2) is 37.6 Å². The summed E-state index contributed by atoms with van der Waals surface area (Å²) in [6.45, 7) is 4.41. The molecule has 1 amide bonds. The second-order valence-corrected chi connectivity index (χ2v) is 3.14. The minimum Gasteiger partial charge on any atom is -0.383 e. The van der Waals surface area contributed by atoms with Crippen LogP contribution in [-0.2, 0) is 9.53 Å². The van der Waals surface area contributed by atoms with E-state index in [1.54, 1.807) is 7.11 Å². The van der Waals surface area contributed by atoms with Crippen molar-refractivity contribution >= 4 is 5.91 Å². The summed E-state index contributed by atoms with van der Waals surface area (Å²) in [5.74, 6) is 0.800. The van der Waals surface area contributed by atoms with Crippen LogP contribution < -0.4 is 0 Å². The third-order valence-corrected chi connectivity index (χ3v) is 1.97. The van der Waals surface area contributed by atoms with Gasteiger partial charge in [-0.25, -0.2) is 0 Å². The summed E-state index contributed by atoms with van der Waals surface area (Å²) < 4.78 is 4.89. The molecule has 1 heterocycles. The number of amides is 1. The zero-order valence-electron chi connectivity index (χ0n) is 7.17. The van der Waals surface area contributed by atoms with E-state index in [1.165, 1.54) is 0 Å². The third-order valence-electron chi connectivity index (χ3n) is 1.97. The standard InChI is InChI=1S/C8H15NO2/c1-7-5-8(10)9(6-7)3-4-11-2/h7H,3-6H2,1-2H3. The predicted molar refractivity (Wildman–Crippen MR) is 42.2 cm³/mol. The molecule has 0 saturated carbocycles. The molecule has 0 spiro atoms. The molecule has 1 saturated heterocycles. The Balaban J connectivity index is 2.29. The molecule has 0 aromatic heterocycles. The zero-order chi connectivity index (χ0) is 8.27. The molecule has 1 unspecified atom stereocenters. The lowest BCUT2D eigenvalue weighted by atomic mass is 10.2. The molecule has 3 heteroatoms. The van der Waals surface area contributed by atoms with Gasteiger partial charge in [-0.2, -0.15) is 0 Å². The van der Waals surface area contributed by atoms with Gasteiger partial charge in [-0.05, 0) is 5.92 Å². The molecule has 1 fully saturated rings. The van der Waals surface area contributed by atoms with Gasteiger partial charge >= 0.3 is 0 Å². The van der Waals surface area contributed by atoms with Gasteiger partial charge in [0, 0.05) is 26.6 Å². The van der Waals surface area contributed by atoms with Gasteiger partial charge in [0.25, 0.3) is 0 Å². The van der Waals surface area contributed by atoms with Gasteiger partial charge in [-0.15, -0.1) is 0 Å². The van der Waals surface area contributed by atoms with Gasteiger partial charge in [0.15, 0.2) is 0 Å². The van der Waals surface area contributed by atoms with Crippen molar-refractivity contribution in [3.05, 3.63) is 0 Å². The van der Waals surface area contributed by atoms with E-state index in [-0.39, 0.29) is 5.91 Å². The number of likely N-dealkylation sites (tertiary alicyclic amines) is 1. The van der Waals surface area contributed by atoms with Crippen molar-refractivity contribution in [1.29, 1.82) is 0 Å². The van der Waals surface area contributed by atoms with Crippen LogP contribution in [0.15, 0.2) is 0 Å². The first-order valence-corrected chi connectivity index (χ1v) is 4.00. The molecule has 0 radical (unpaired) electrons. The van der Waals surface area contributed by atoms with Crippen LogP contribution in [0.5, 0.6) is 0 Å². The van der Waals surface area contributed by atoms with Crippen molar-refractivity contribution in [2.75, 3.05) is 26.8 Å². The summed E-state index contributed by atoms with van der Waals surface area (Å²) in [6.07, 6.45) is 0.712. The van der Waals surface area contributed by atoms with E-state index in [2.05, 4.69) is 6.92 Å². The second kappa shape index (κ2) is 3.72. The Bertz CT molecular complexity index is 147. The van der Waals surface area contributed by atoms with Gasteiger partial charge in [0.2, 0.25) is 5.91 Å². The van der Waals surface area contributed by atoms with Crippen LogP contribution in [0.4, 0.5) is 0 Å². The molecule has 3 nitrogen and oxygen atoms in total. The summed E-state index contributed by atoms with van der Waals surface area (Å²) in [6, 6.07) is 0. The second-order valence-electron chi connectivity index (χ2n) is 3.14. The normalized spacial score (nSPS) is 24.7. The van der Waals surface area contributed by atoms with Crippen LogP contribution in [0.3, 0.4) is 0 Å². The Morgan fingerprint density at radius 3 is 2.91 bits per heavy atom. The van der Waals surface area contributed by atoms with Gasteiger partial charge in [-0.1, -0.05) is 6.92 Å². The fourth-order valence-corrected chi connectivity index (χ4v) is 1.39. The number of ether oxygens (including phenoxy) is 1. The van der Waals surface area contributed by atoms with Crippen LogP contribution in [0.1, 0.15) is 13.3 Å². The SMILES string of the molecule is COCCN1CC(C)CC1=O. The maximum atomic E-state index is 11.2. The first kappa shape index (κ1) is 8.53.